The number of nitrogens with two attached hydrogens (primary N) is 1. The molecule has 0 saturated carbocycles. The van der Waals surface area contributed by atoms with E-state index >= 15 is 0 Å². The van der Waals surface area contributed by atoms with Gasteiger partial charge in [-0.25, -0.2) is 0 Å². The van der Waals surface area contributed by atoms with Crippen molar-refractivity contribution >= 4 is 16.5 Å². The second-order valence-electron chi connectivity index (χ2n) is 5.83. The average molecular weight is 286 g/mol. The number of rotatable bonds is 7. The normalized spacial score (nSPS) is 11.3. The Labute approximate surface area is 127 Å². The molecule has 0 saturated heterocycles. The summed E-state index contributed by atoms with van der Waals surface area (Å²) < 4.78 is 5.27. The lowest BCUT2D eigenvalue weighted by Crippen LogP contribution is -2.31. The maximum atomic E-state index is 5.87. The van der Waals surface area contributed by atoms with E-state index in [1.54, 1.807) is 7.11 Å². The van der Waals surface area contributed by atoms with Gasteiger partial charge in [0.2, 0.25) is 0 Å². The zero-order valence-corrected chi connectivity index (χ0v) is 13.3. The van der Waals surface area contributed by atoms with Crippen LogP contribution in [0, 0.1) is 5.92 Å². The monoisotopic (exact) mass is 286 g/mol. The molecule has 0 radical (unpaired) electrons. The molecule has 2 N–H and O–H groups in total. The smallest absolute Gasteiger partial charge is 0.0637 e. The quantitative estimate of drug-likeness (QED) is 0.847. The molecule has 2 rings (SSSR count). The molecule has 0 aliphatic carbocycles. The Morgan fingerprint density at radius 2 is 1.81 bits per heavy atom. The molecule has 0 aliphatic rings. The van der Waals surface area contributed by atoms with Crippen molar-refractivity contribution < 1.29 is 4.74 Å². The summed E-state index contributed by atoms with van der Waals surface area (Å²) in [4.78, 5) is 2.41. The van der Waals surface area contributed by atoms with Gasteiger partial charge in [0.15, 0.2) is 0 Å². The van der Waals surface area contributed by atoms with E-state index in [1.165, 1.54) is 22.0 Å². The van der Waals surface area contributed by atoms with Gasteiger partial charge in [-0.1, -0.05) is 44.2 Å². The van der Waals surface area contributed by atoms with E-state index in [9.17, 15) is 0 Å². The maximum Gasteiger partial charge on any atom is 0.0637 e. The topological polar surface area (TPSA) is 38.5 Å². The van der Waals surface area contributed by atoms with Crippen LogP contribution in [-0.4, -0.2) is 26.8 Å². The molecule has 2 aromatic rings. The summed E-state index contributed by atoms with van der Waals surface area (Å²) in [5.74, 6) is 0.606. The van der Waals surface area contributed by atoms with Crippen molar-refractivity contribution in [3.8, 4) is 0 Å². The standard InChI is InChI=1S/C18H26N2O/c1-14(2)13-20(10-11-21-3)18-9-8-15(12-19)16-6-4-5-7-17(16)18/h4-9,14H,10-13,19H2,1-3H3. The second-order valence-corrected chi connectivity index (χ2v) is 5.83. The molecule has 0 atom stereocenters. The number of anilines is 1. The van der Waals surface area contributed by atoms with E-state index in [0.717, 1.165) is 19.7 Å². The van der Waals surface area contributed by atoms with Crippen molar-refractivity contribution in [2.75, 3.05) is 31.7 Å². The fourth-order valence-electron chi connectivity index (χ4n) is 2.75. The van der Waals surface area contributed by atoms with E-state index in [0.29, 0.717) is 12.5 Å². The molecule has 0 spiro atoms. The van der Waals surface area contributed by atoms with Crippen molar-refractivity contribution in [1.82, 2.24) is 0 Å². The first kappa shape index (κ1) is 15.8. The van der Waals surface area contributed by atoms with Crippen LogP contribution in [0.1, 0.15) is 19.4 Å². The second kappa shape index (κ2) is 7.43. The molecule has 0 aliphatic heterocycles. The summed E-state index contributed by atoms with van der Waals surface area (Å²) in [6.45, 7) is 7.73. The number of ether oxygens (including phenoxy) is 1. The Balaban J connectivity index is 2.46. The highest BCUT2D eigenvalue weighted by atomic mass is 16.5. The van der Waals surface area contributed by atoms with Crippen molar-refractivity contribution in [3.63, 3.8) is 0 Å². The lowest BCUT2D eigenvalue weighted by atomic mass is 10.0. The van der Waals surface area contributed by atoms with Crippen LogP contribution in [0.25, 0.3) is 10.8 Å². The Morgan fingerprint density at radius 1 is 1.10 bits per heavy atom. The average Bonchev–Trinajstić information content (AvgIpc) is 2.50. The largest absolute Gasteiger partial charge is 0.383 e. The highest BCUT2D eigenvalue weighted by Gasteiger charge is 2.13. The molecule has 0 bridgehead atoms. The van der Waals surface area contributed by atoms with Gasteiger partial charge >= 0.3 is 0 Å². The van der Waals surface area contributed by atoms with Gasteiger partial charge in [0.1, 0.15) is 0 Å². The molecule has 0 heterocycles. The van der Waals surface area contributed by atoms with Crippen molar-refractivity contribution in [2.45, 2.75) is 20.4 Å². The van der Waals surface area contributed by atoms with Crippen LogP contribution in [0.5, 0.6) is 0 Å². The predicted molar refractivity (Wildman–Crippen MR) is 90.8 cm³/mol. The number of hydrogen-bond acceptors (Lipinski definition) is 3. The molecular weight excluding hydrogens is 260 g/mol. The van der Waals surface area contributed by atoms with Crippen molar-refractivity contribution in [1.29, 1.82) is 0 Å². The first-order valence-corrected chi connectivity index (χ1v) is 7.62. The Hall–Kier alpha value is -1.58. The Morgan fingerprint density at radius 3 is 2.43 bits per heavy atom. The van der Waals surface area contributed by atoms with Gasteiger partial charge in [0, 0.05) is 37.8 Å². The highest BCUT2D eigenvalue weighted by Crippen LogP contribution is 2.30. The summed E-state index contributed by atoms with van der Waals surface area (Å²) in [7, 11) is 1.75. The van der Waals surface area contributed by atoms with Crippen LogP contribution in [0.3, 0.4) is 0 Å². The molecule has 3 nitrogen and oxygen atoms in total. The van der Waals surface area contributed by atoms with Gasteiger partial charge < -0.3 is 15.4 Å². The lowest BCUT2D eigenvalue weighted by molar-refractivity contribution is 0.204. The predicted octanol–water partition coefficient (Wildman–Crippen LogP) is 3.41. The SMILES string of the molecule is COCCN(CC(C)C)c1ccc(CN)c2ccccc12. The third-order valence-corrected chi connectivity index (χ3v) is 3.70. The highest BCUT2D eigenvalue weighted by molar-refractivity contribution is 5.96. The zero-order chi connectivity index (χ0) is 15.2. The van der Waals surface area contributed by atoms with E-state index in [2.05, 4.69) is 55.1 Å². The molecular formula is C18H26N2O. The molecule has 0 fully saturated rings. The fourth-order valence-corrected chi connectivity index (χ4v) is 2.75. The summed E-state index contributed by atoms with van der Waals surface area (Å²) in [5, 5.41) is 2.53. The molecule has 21 heavy (non-hydrogen) atoms. The molecule has 0 aromatic heterocycles. The number of benzene rings is 2. The third-order valence-electron chi connectivity index (χ3n) is 3.70. The first-order chi connectivity index (χ1) is 10.2. The Kier molecular flexibility index (Phi) is 5.59. The summed E-state index contributed by atoms with van der Waals surface area (Å²) in [6.07, 6.45) is 0. The van der Waals surface area contributed by atoms with E-state index in [4.69, 9.17) is 10.5 Å². The zero-order valence-electron chi connectivity index (χ0n) is 13.3. The minimum atomic E-state index is 0.572. The lowest BCUT2D eigenvalue weighted by Gasteiger charge is -2.28. The van der Waals surface area contributed by atoms with Crippen molar-refractivity contribution in [2.24, 2.45) is 11.7 Å². The van der Waals surface area contributed by atoms with E-state index in [-0.39, 0.29) is 0 Å². The number of nitrogens with zero attached hydrogens (tertiary/aromatic N) is 1. The first-order valence-electron chi connectivity index (χ1n) is 7.62. The number of fused-ring (bicyclic) bond motifs is 1. The van der Waals surface area contributed by atoms with Gasteiger partial charge in [-0.2, -0.15) is 0 Å². The minimum Gasteiger partial charge on any atom is -0.383 e. The summed E-state index contributed by atoms with van der Waals surface area (Å²) in [6, 6.07) is 12.9. The van der Waals surface area contributed by atoms with E-state index < -0.39 is 0 Å². The minimum absolute atomic E-state index is 0.572. The van der Waals surface area contributed by atoms with Crippen LogP contribution in [0.15, 0.2) is 36.4 Å². The van der Waals surface area contributed by atoms with Crippen LogP contribution >= 0.6 is 0 Å². The van der Waals surface area contributed by atoms with Gasteiger partial charge in [-0.05, 0) is 22.9 Å². The summed E-state index contributed by atoms with van der Waals surface area (Å²) >= 11 is 0. The molecule has 2 aromatic carbocycles. The van der Waals surface area contributed by atoms with Crippen LogP contribution in [-0.2, 0) is 11.3 Å². The summed E-state index contributed by atoms with van der Waals surface area (Å²) in [5.41, 5.74) is 8.34. The van der Waals surface area contributed by atoms with Crippen LogP contribution < -0.4 is 10.6 Å². The molecule has 114 valence electrons. The van der Waals surface area contributed by atoms with Crippen LogP contribution in [0.4, 0.5) is 5.69 Å². The van der Waals surface area contributed by atoms with Gasteiger partial charge in [0.05, 0.1) is 6.61 Å². The molecule has 3 heteroatoms. The fraction of sp³-hybridized carbons (Fsp3) is 0.444. The van der Waals surface area contributed by atoms with E-state index in [1.807, 2.05) is 0 Å². The van der Waals surface area contributed by atoms with Gasteiger partial charge in [0.25, 0.3) is 0 Å². The van der Waals surface area contributed by atoms with Gasteiger partial charge in [-0.15, -0.1) is 0 Å². The van der Waals surface area contributed by atoms with Gasteiger partial charge in [-0.3, -0.25) is 0 Å². The third kappa shape index (κ3) is 3.74. The van der Waals surface area contributed by atoms with Crippen LogP contribution in [0.2, 0.25) is 0 Å². The molecule has 0 unspecified atom stereocenters. The molecule has 0 amide bonds. The number of hydrogen-bond donors (Lipinski definition) is 1. The number of methoxy groups -OCH3 is 1. The maximum absolute atomic E-state index is 5.87. The Bertz CT molecular complexity index is 580. The van der Waals surface area contributed by atoms with Crippen molar-refractivity contribution in [3.05, 3.63) is 42.0 Å².